The van der Waals surface area contributed by atoms with Crippen LogP contribution in [0.3, 0.4) is 0 Å². The Kier molecular flexibility index (Phi) is 5.21. The first-order valence-corrected chi connectivity index (χ1v) is 8.75. The van der Waals surface area contributed by atoms with Crippen molar-refractivity contribution < 1.29 is 9.21 Å². The largest absolute Gasteiger partial charge is 0.444 e. The summed E-state index contributed by atoms with van der Waals surface area (Å²) < 4.78 is 7.26. The Balaban J connectivity index is 1.67. The van der Waals surface area contributed by atoms with E-state index in [4.69, 9.17) is 4.42 Å². The van der Waals surface area contributed by atoms with Gasteiger partial charge in [-0.3, -0.25) is 9.48 Å². The van der Waals surface area contributed by atoms with Crippen molar-refractivity contribution in [1.82, 2.24) is 14.8 Å². The summed E-state index contributed by atoms with van der Waals surface area (Å²) in [5, 5.41) is 7.52. The Morgan fingerprint density at radius 1 is 1.23 bits per heavy atom. The van der Waals surface area contributed by atoms with Crippen LogP contribution in [0.25, 0.3) is 11.3 Å². The Morgan fingerprint density at radius 3 is 2.58 bits per heavy atom. The molecule has 0 unspecified atom stereocenters. The quantitative estimate of drug-likeness (QED) is 0.728. The molecular weight excluding hydrogens is 328 g/mol. The number of nitrogens with one attached hydrogen (secondary N) is 1. The fraction of sp³-hybridized carbons (Fsp3) is 0.350. The van der Waals surface area contributed by atoms with Gasteiger partial charge in [0.2, 0.25) is 5.91 Å². The second kappa shape index (κ2) is 7.56. The van der Waals surface area contributed by atoms with Crippen LogP contribution in [0.5, 0.6) is 0 Å². The van der Waals surface area contributed by atoms with Crippen LogP contribution < -0.4 is 5.32 Å². The second-order valence-corrected chi connectivity index (χ2v) is 6.89. The normalized spacial score (nSPS) is 11.1. The molecule has 0 spiro atoms. The minimum absolute atomic E-state index is 0.0484. The molecule has 2 heterocycles. The predicted octanol–water partition coefficient (Wildman–Crippen LogP) is 3.99. The van der Waals surface area contributed by atoms with Gasteiger partial charge in [0.1, 0.15) is 0 Å². The molecule has 26 heavy (non-hydrogen) atoms. The van der Waals surface area contributed by atoms with E-state index in [0.29, 0.717) is 18.1 Å². The van der Waals surface area contributed by atoms with E-state index in [1.54, 1.807) is 6.20 Å². The van der Waals surface area contributed by atoms with Crippen LogP contribution in [-0.4, -0.2) is 20.7 Å². The Bertz CT molecular complexity index is 877. The van der Waals surface area contributed by atoms with Crippen molar-refractivity contribution in [3.05, 3.63) is 53.8 Å². The zero-order valence-corrected chi connectivity index (χ0v) is 15.6. The van der Waals surface area contributed by atoms with E-state index in [1.165, 1.54) is 6.39 Å². The molecule has 136 valence electrons. The van der Waals surface area contributed by atoms with E-state index < -0.39 is 0 Å². The van der Waals surface area contributed by atoms with E-state index in [9.17, 15) is 4.79 Å². The number of aryl methyl sites for hydroxylation is 1. The number of rotatable bonds is 6. The number of anilines is 1. The van der Waals surface area contributed by atoms with Crippen LogP contribution in [0.15, 0.2) is 41.3 Å². The van der Waals surface area contributed by atoms with E-state index >= 15 is 0 Å². The highest BCUT2D eigenvalue weighted by Crippen LogP contribution is 2.21. The second-order valence-electron chi connectivity index (χ2n) is 6.89. The average Bonchev–Trinajstić information content (AvgIpc) is 3.20. The van der Waals surface area contributed by atoms with Crippen molar-refractivity contribution in [1.29, 1.82) is 0 Å². The minimum Gasteiger partial charge on any atom is -0.444 e. The third kappa shape index (κ3) is 4.02. The lowest BCUT2D eigenvalue weighted by Gasteiger charge is -2.09. The number of nitrogens with zero attached hydrogens (tertiary/aromatic N) is 3. The van der Waals surface area contributed by atoms with Gasteiger partial charge in [0.25, 0.3) is 0 Å². The maximum Gasteiger partial charge on any atom is 0.228 e. The van der Waals surface area contributed by atoms with Gasteiger partial charge < -0.3 is 9.73 Å². The zero-order valence-electron chi connectivity index (χ0n) is 15.6. The number of oxazole rings is 1. The first kappa shape index (κ1) is 17.9. The van der Waals surface area contributed by atoms with Gasteiger partial charge in [-0.05, 0) is 44.0 Å². The van der Waals surface area contributed by atoms with Crippen molar-refractivity contribution in [2.45, 2.75) is 40.7 Å². The third-order valence-corrected chi connectivity index (χ3v) is 4.29. The van der Waals surface area contributed by atoms with Crippen molar-refractivity contribution in [3.8, 4) is 11.3 Å². The van der Waals surface area contributed by atoms with E-state index in [1.807, 2.05) is 42.8 Å². The first-order valence-electron chi connectivity index (χ1n) is 8.75. The molecule has 0 saturated heterocycles. The van der Waals surface area contributed by atoms with Crippen LogP contribution in [0, 0.1) is 19.8 Å². The van der Waals surface area contributed by atoms with Crippen LogP contribution in [0.4, 0.5) is 5.69 Å². The number of amides is 1. The number of aromatic nitrogens is 3. The Morgan fingerprint density at radius 2 is 1.96 bits per heavy atom. The molecule has 0 atom stereocenters. The molecule has 1 N–H and O–H groups in total. The molecule has 3 aromatic rings. The third-order valence-electron chi connectivity index (χ3n) is 4.29. The molecule has 2 aromatic heterocycles. The standard InChI is InChI=1S/C20H24N4O2/c1-13(2)11-24-15(4)18(14(3)23-24)9-20(25)22-17-7-5-16(6-8-17)19-10-21-12-26-19/h5-8,10,12-13H,9,11H2,1-4H3,(H,22,25). The summed E-state index contributed by atoms with van der Waals surface area (Å²) in [4.78, 5) is 16.4. The number of hydrogen-bond donors (Lipinski definition) is 1. The van der Waals surface area contributed by atoms with Gasteiger partial charge in [0.15, 0.2) is 12.2 Å². The van der Waals surface area contributed by atoms with Crippen LogP contribution in [0.2, 0.25) is 0 Å². The lowest BCUT2D eigenvalue weighted by Crippen LogP contribution is -2.15. The predicted molar refractivity (Wildman–Crippen MR) is 101 cm³/mol. The zero-order chi connectivity index (χ0) is 18.7. The van der Waals surface area contributed by atoms with Crippen molar-refractivity contribution in [2.24, 2.45) is 5.92 Å². The molecule has 6 nitrogen and oxygen atoms in total. The van der Waals surface area contributed by atoms with Crippen molar-refractivity contribution in [3.63, 3.8) is 0 Å². The molecule has 0 fully saturated rings. The van der Waals surface area contributed by atoms with Crippen LogP contribution in [0.1, 0.15) is 30.8 Å². The summed E-state index contributed by atoms with van der Waals surface area (Å²) in [6.45, 7) is 9.16. The highest BCUT2D eigenvalue weighted by atomic mass is 16.3. The summed E-state index contributed by atoms with van der Waals surface area (Å²) in [5.74, 6) is 1.16. The monoisotopic (exact) mass is 352 g/mol. The highest BCUT2D eigenvalue weighted by molar-refractivity contribution is 5.92. The van der Waals surface area contributed by atoms with Gasteiger partial charge in [-0.1, -0.05) is 13.8 Å². The van der Waals surface area contributed by atoms with Crippen molar-refractivity contribution in [2.75, 3.05) is 5.32 Å². The summed E-state index contributed by atoms with van der Waals surface area (Å²) in [5.41, 5.74) is 4.65. The first-order chi connectivity index (χ1) is 12.4. The number of hydrogen-bond acceptors (Lipinski definition) is 4. The van der Waals surface area contributed by atoms with Gasteiger partial charge in [-0.15, -0.1) is 0 Å². The molecule has 0 saturated carbocycles. The Labute approximate surface area is 153 Å². The molecule has 1 aromatic carbocycles. The van der Waals surface area contributed by atoms with Gasteiger partial charge in [0.05, 0.1) is 18.3 Å². The molecule has 6 heteroatoms. The lowest BCUT2D eigenvalue weighted by molar-refractivity contribution is -0.115. The molecule has 0 aliphatic carbocycles. The van der Waals surface area contributed by atoms with Gasteiger partial charge in [0, 0.05) is 29.1 Å². The van der Waals surface area contributed by atoms with Crippen LogP contribution in [-0.2, 0) is 17.8 Å². The fourth-order valence-electron chi connectivity index (χ4n) is 2.96. The number of carbonyl (C=O) groups excluding carboxylic acids is 1. The average molecular weight is 352 g/mol. The van der Waals surface area contributed by atoms with Crippen molar-refractivity contribution >= 4 is 11.6 Å². The summed E-state index contributed by atoms with van der Waals surface area (Å²) >= 11 is 0. The fourth-order valence-corrected chi connectivity index (χ4v) is 2.96. The van der Waals surface area contributed by atoms with Gasteiger partial charge >= 0.3 is 0 Å². The molecule has 0 radical (unpaired) electrons. The van der Waals surface area contributed by atoms with Crippen LogP contribution >= 0.6 is 0 Å². The topological polar surface area (TPSA) is 73.0 Å². The number of benzene rings is 1. The molecular formula is C20H24N4O2. The minimum atomic E-state index is -0.0484. The van der Waals surface area contributed by atoms with Gasteiger partial charge in [-0.25, -0.2) is 4.98 Å². The van der Waals surface area contributed by atoms with E-state index in [0.717, 1.165) is 34.7 Å². The molecule has 3 rings (SSSR count). The molecule has 1 amide bonds. The van der Waals surface area contributed by atoms with E-state index in [2.05, 4.69) is 29.2 Å². The van der Waals surface area contributed by atoms with E-state index in [-0.39, 0.29) is 5.91 Å². The SMILES string of the molecule is Cc1nn(CC(C)C)c(C)c1CC(=O)Nc1ccc(-c2cnco2)cc1. The smallest absolute Gasteiger partial charge is 0.228 e. The summed E-state index contributed by atoms with van der Waals surface area (Å²) in [6, 6.07) is 7.51. The number of carbonyl (C=O) groups is 1. The Hall–Kier alpha value is -2.89. The maximum absolute atomic E-state index is 12.5. The maximum atomic E-state index is 12.5. The highest BCUT2D eigenvalue weighted by Gasteiger charge is 2.15. The molecule has 0 aliphatic heterocycles. The molecule has 0 bridgehead atoms. The summed E-state index contributed by atoms with van der Waals surface area (Å²) in [7, 11) is 0. The molecule has 0 aliphatic rings. The lowest BCUT2D eigenvalue weighted by atomic mass is 10.1. The van der Waals surface area contributed by atoms with Gasteiger partial charge in [-0.2, -0.15) is 5.10 Å². The summed E-state index contributed by atoms with van der Waals surface area (Å²) in [6.07, 6.45) is 3.38.